The van der Waals surface area contributed by atoms with E-state index in [-0.39, 0.29) is 23.3 Å². The van der Waals surface area contributed by atoms with Gasteiger partial charge in [0, 0.05) is 25.1 Å². The number of benzene rings is 2. The van der Waals surface area contributed by atoms with Crippen LogP contribution in [0.2, 0.25) is 0 Å². The van der Waals surface area contributed by atoms with Gasteiger partial charge in [0.2, 0.25) is 10.0 Å². The number of hydrogen-bond acceptors (Lipinski definition) is 5. The average Bonchev–Trinajstić information content (AvgIpc) is 3.13. The zero-order valence-electron chi connectivity index (χ0n) is 15.4. The van der Waals surface area contributed by atoms with Gasteiger partial charge in [-0.25, -0.2) is 18.1 Å². The molecule has 6 nitrogen and oxygen atoms in total. The molecule has 1 aliphatic heterocycles. The van der Waals surface area contributed by atoms with Crippen LogP contribution < -0.4 is 10.0 Å². The van der Waals surface area contributed by atoms with E-state index in [1.54, 1.807) is 37.5 Å². The van der Waals surface area contributed by atoms with Gasteiger partial charge in [0.05, 0.1) is 4.90 Å². The second-order valence-corrected chi connectivity index (χ2v) is 8.35. The molecule has 2 aromatic carbocycles. The lowest BCUT2D eigenvalue weighted by atomic mass is 9.95. The Morgan fingerprint density at radius 1 is 1.18 bits per heavy atom. The fourth-order valence-corrected chi connectivity index (χ4v) is 4.40. The third-order valence-electron chi connectivity index (χ3n) is 4.77. The molecule has 2 N–H and O–H groups in total. The second kappa shape index (κ2) is 8.45. The van der Waals surface area contributed by atoms with Crippen LogP contribution in [-0.4, -0.2) is 26.5 Å². The first-order valence-corrected chi connectivity index (χ1v) is 10.3. The number of hydrogen-bond donors (Lipinski definition) is 2. The maximum absolute atomic E-state index is 12.7. The summed E-state index contributed by atoms with van der Waals surface area (Å²) in [7, 11) is -3.59. The lowest BCUT2D eigenvalue weighted by Gasteiger charge is -2.27. The Bertz CT molecular complexity index is 1050. The van der Waals surface area contributed by atoms with E-state index in [9.17, 15) is 8.42 Å². The van der Waals surface area contributed by atoms with Gasteiger partial charge in [-0.15, -0.1) is 12.4 Å². The lowest BCUT2D eigenvalue weighted by molar-refractivity contribution is 0.491. The van der Waals surface area contributed by atoms with Crippen molar-refractivity contribution in [3.05, 3.63) is 71.8 Å². The predicted molar refractivity (Wildman–Crippen MR) is 110 cm³/mol. The van der Waals surface area contributed by atoms with Crippen LogP contribution in [0.25, 0.3) is 11.3 Å². The standard InChI is InChI=1S/C20H21N3O3S.ClH/c1-14-23-20(13-26-14)16-6-8-17(9-7-16)27(24,25)22-12-19-18-5-3-2-4-15(18)10-11-21-19;/h2-9,13,19,21-22H,10-12H2,1H3;1H. The maximum atomic E-state index is 12.7. The molecule has 4 rings (SSSR count). The number of sulfonamides is 1. The molecule has 0 amide bonds. The minimum atomic E-state index is -3.59. The number of fused-ring (bicyclic) bond motifs is 1. The summed E-state index contributed by atoms with van der Waals surface area (Å²) in [5.74, 6) is 0.573. The molecule has 1 aliphatic rings. The Balaban J connectivity index is 0.00000225. The number of halogens is 1. The molecule has 0 saturated heterocycles. The summed E-state index contributed by atoms with van der Waals surface area (Å²) in [6, 6.07) is 14.8. The summed E-state index contributed by atoms with van der Waals surface area (Å²) in [5, 5.41) is 3.39. The highest BCUT2D eigenvalue weighted by molar-refractivity contribution is 7.89. The highest BCUT2D eigenvalue weighted by Gasteiger charge is 2.22. The summed E-state index contributed by atoms with van der Waals surface area (Å²) >= 11 is 0. The molecule has 0 aliphatic carbocycles. The van der Waals surface area contributed by atoms with E-state index >= 15 is 0 Å². The Morgan fingerprint density at radius 3 is 2.64 bits per heavy atom. The van der Waals surface area contributed by atoms with Gasteiger partial charge in [0.1, 0.15) is 12.0 Å². The van der Waals surface area contributed by atoms with Crippen molar-refractivity contribution in [3.8, 4) is 11.3 Å². The summed E-state index contributed by atoms with van der Waals surface area (Å²) < 4.78 is 33.3. The monoisotopic (exact) mass is 419 g/mol. The Labute approximate surface area is 170 Å². The van der Waals surface area contributed by atoms with Crippen LogP contribution in [0.3, 0.4) is 0 Å². The van der Waals surface area contributed by atoms with Gasteiger partial charge >= 0.3 is 0 Å². The van der Waals surface area contributed by atoms with Crippen LogP contribution in [0, 0.1) is 6.92 Å². The Morgan fingerprint density at radius 2 is 1.93 bits per heavy atom. The second-order valence-electron chi connectivity index (χ2n) is 6.58. The van der Waals surface area contributed by atoms with Crippen molar-refractivity contribution >= 4 is 22.4 Å². The summed E-state index contributed by atoms with van der Waals surface area (Å²) in [6.45, 7) is 2.92. The molecule has 0 bridgehead atoms. The Hall–Kier alpha value is -2.19. The molecular weight excluding hydrogens is 398 g/mol. The molecule has 148 valence electrons. The molecule has 0 spiro atoms. The normalized spacial score (nSPS) is 16.2. The van der Waals surface area contributed by atoms with Gasteiger partial charge in [-0.3, -0.25) is 0 Å². The number of nitrogens with zero attached hydrogens (tertiary/aromatic N) is 1. The van der Waals surface area contributed by atoms with Crippen molar-refractivity contribution in [1.29, 1.82) is 0 Å². The zero-order chi connectivity index (χ0) is 18.9. The van der Waals surface area contributed by atoms with Crippen molar-refractivity contribution in [3.63, 3.8) is 0 Å². The van der Waals surface area contributed by atoms with Crippen molar-refractivity contribution in [1.82, 2.24) is 15.0 Å². The highest BCUT2D eigenvalue weighted by atomic mass is 35.5. The zero-order valence-corrected chi connectivity index (χ0v) is 17.0. The number of nitrogens with one attached hydrogen (secondary N) is 2. The van der Waals surface area contributed by atoms with Crippen LogP contribution in [0.4, 0.5) is 0 Å². The van der Waals surface area contributed by atoms with E-state index in [0.29, 0.717) is 18.1 Å². The molecule has 1 atom stereocenters. The summed E-state index contributed by atoms with van der Waals surface area (Å²) in [6.07, 6.45) is 2.52. The topological polar surface area (TPSA) is 84.2 Å². The van der Waals surface area contributed by atoms with Crippen LogP contribution in [0.15, 0.2) is 64.1 Å². The molecule has 8 heteroatoms. The van der Waals surface area contributed by atoms with Crippen LogP contribution in [-0.2, 0) is 16.4 Å². The van der Waals surface area contributed by atoms with Gasteiger partial charge in [-0.05, 0) is 36.2 Å². The number of oxazole rings is 1. The SMILES string of the molecule is Cc1nc(-c2ccc(S(=O)(=O)NCC3NCCc4ccccc43)cc2)co1.Cl. The third kappa shape index (κ3) is 4.28. The summed E-state index contributed by atoms with van der Waals surface area (Å²) in [4.78, 5) is 4.48. The van der Waals surface area contributed by atoms with E-state index in [2.05, 4.69) is 27.2 Å². The molecule has 0 fully saturated rings. The molecule has 2 heterocycles. The lowest BCUT2D eigenvalue weighted by Crippen LogP contribution is -2.38. The summed E-state index contributed by atoms with van der Waals surface area (Å²) in [5.41, 5.74) is 3.93. The number of aromatic nitrogens is 1. The first kappa shape index (κ1) is 20.5. The van der Waals surface area contributed by atoms with Crippen molar-refractivity contribution in [2.75, 3.05) is 13.1 Å². The van der Waals surface area contributed by atoms with E-state index in [1.165, 1.54) is 5.56 Å². The van der Waals surface area contributed by atoms with Gasteiger partial charge in [-0.1, -0.05) is 36.4 Å². The van der Waals surface area contributed by atoms with E-state index in [1.807, 2.05) is 12.1 Å². The third-order valence-corrected chi connectivity index (χ3v) is 6.21. The first-order valence-electron chi connectivity index (χ1n) is 8.86. The molecule has 0 saturated carbocycles. The van der Waals surface area contributed by atoms with Gasteiger partial charge < -0.3 is 9.73 Å². The van der Waals surface area contributed by atoms with Gasteiger partial charge in [0.25, 0.3) is 0 Å². The molecule has 3 aromatic rings. The van der Waals surface area contributed by atoms with Crippen molar-refractivity contribution in [2.24, 2.45) is 0 Å². The quantitative estimate of drug-likeness (QED) is 0.663. The molecule has 1 aromatic heterocycles. The highest BCUT2D eigenvalue weighted by Crippen LogP contribution is 2.23. The number of aryl methyl sites for hydroxylation is 1. The van der Waals surface area contributed by atoms with Crippen molar-refractivity contribution in [2.45, 2.75) is 24.3 Å². The smallest absolute Gasteiger partial charge is 0.240 e. The van der Waals surface area contributed by atoms with Crippen LogP contribution >= 0.6 is 12.4 Å². The molecule has 28 heavy (non-hydrogen) atoms. The van der Waals surface area contributed by atoms with E-state index in [0.717, 1.165) is 24.1 Å². The Kier molecular flexibility index (Phi) is 6.20. The molecule has 1 unspecified atom stereocenters. The van der Waals surface area contributed by atoms with Crippen molar-refractivity contribution < 1.29 is 12.8 Å². The largest absolute Gasteiger partial charge is 0.449 e. The van der Waals surface area contributed by atoms with E-state index in [4.69, 9.17) is 4.42 Å². The number of rotatable bonds is 5. The van der Waals surface area contributed by atoms with Gasteiger partial charge in [0.15, 0.2) is 5.89 Å². The fourth-order valence-electron chi connectivity index (χ4n) is 3.35. The van der Waals surface area contributed by atoms with Crippen LogP contribution in [0.1, 0.15) is 23.1 Å². The minimum absolute atomic E-state index is 0. The molecular formula is C20H22ClN3O3S. The van der Waals surface area contributed by atoms with Gasteiger partial charge in [-0.2, -0.15) is 0 Å². The average molecular weight is 420 g/mol. The fraction of sp³-hybridized carbons (Fsp3) is 0.250. The molecule has 0 radical (unpaired) electrons. The van der Waals surface area contributed by atoms with Crippen LogP contribution in [0.5, 0.6) is 0 Å². The maximum Gasteiger partial charge on any atom is 0.240 e. The predicted octanol–water partition coefficient (Wildman–Crippen LogP) is 3.24. The first-order chi connectivity index (χ1) is 13.0. The minimum Gasteiger partial charge on any atom is -0.449 e. The van der Waals surface area contributed by atoms with E-state index < -0.39 is 10.0 Å².